The fourth-order valence-corrected chi connectivity index (χ4v) is 2.15. The van der Waals surface area contributed by atoms with Gasteiger partial charge in [-0.25, -0.2) is 0 Å². The number of methoxy groups -OCH3 is 1. The van der Waals surface area contributed by atoms with E-state index in [1.54, 1.807) is 18.1 Å². The summed E-state index contributed by atoms with van der Waals surface area (Å²) in [4.78, 5) is 25.2. The van der Waals surface area contributed by atoms with Crippen LogP contribution in [0.4, 0.5) is 5.69 Å². The van der Waals surface area contributed by atoms with Crippen molar-refractivity contribution >= 4 is 17.5 Å². The average Bonchev–Trinajstić information content (AvgIpc) is 2.51. The van der Waals surface area contributed by atoms with Crippen molar-refractivity contribution < 1.29 is 14.3 Å². The number of rotatable bonds is 9. The highest BCUT2D eigenvalue weighted by atomic mass is 16.5. The highest BCUT2D eigenvalue weighted by Crippen LogP contribution is 2.21. The largest absolute Gasteiger partial charge is 0.497 e. The Balaban J connectivity index is 2.54. The lowest BCUT2D eigenvalue weighted by Gasteiger charge is -2.21. The molecule has 0 heterocycles. The van der Waals surface area contributed by atoms with E-state index >= 15 is 0 Å². The quantitative estimate of drug-likeness (QED) is 0.714. The molecule has 0 spiro atoms. The molecule has 5 nitrogen and oxygen atoms in total. The maximum Gasteiger partial charge on any atom is 0.223 e. The molecule has 0 aliphatic heterocycles. The molecule has 0 aliphatic carbocycles. The molecular formula is C17H26N2O3. The zero-order valence-electron chi connectivity index (χ0n) is 13.7. The van der Waals surface area contributed by atoms with Crippen LogP contribution in [0.2, 0.25) is 0 Å². The van der Waals surface area contributed by atoms with E-state index in [4.69, 9.17) is 4.74 Å². The Labute approximate surface area is 132 Å². The van der Waals surface area contributed by atoms with Crippen molar-refractivity contribution in [2.75, 3.05) is 25.1 Å². The van der Waals surface area contributed by atoms with Gasteiger partial charge in [0, 0.05) is 38.2 Å². The predicted molar refractivity (Wildman–Crippen MR) is 88.2 cm³/mol. The molecule has 0 unspecified atom stereocenters. The minimum atomic E-state index is -0.0907. The van der Waals surface area contributed by atoms with Crippen molar-refractivity contribution in [3.63, 3.8) is 0 Å². The normalized spacial score (nSPS) is 10.1. The molecule has 0 aromatic heterocycles. The number of amides is 2. The smallest absolute Gasteiger partial charge is 0.223 e. The summed E-state index contributed by atoms with van der Waals surface area (Å²) in [5.74, 6) is 0.574. The van der Waals surface area contributed by atoms with E-state index in [0.717, 1.165) is 24.9 Å². The first-order chi connectivity index (χ1) is 10.6. The topological polar surface area (TPSA) is 58.6 Å². The number of benzene rings is 1. The van der Waals surface area contributed by atoms with Gasteiger partial charge in [-0.3, -0.25) is 9.59 Å². The molecule has 122 valence electrons. The molecular weight excluding hydrogens is 280 g/mol. The number of carbonyl (C=O) groups is 2. The van der Waals surface area contributed by atoms with Crippen LogP contribution in [0, 0.1) is 0 Å². The molecule has 5 heteroatoms. The highest BCUT2D eigenvalue weighted by molar-refractivity contribution is 5.92. The third-order valence-corrected chi connectivity index (χ3v) is 3.41. The molecule has 1 N–H and O–H groups in total. The van der Waals surface area contributed by atoms with Crippen LogP contribution < -0.4 is 15.0 Å². The summed E-state index contributed by atoms with van der Waals surface area (Å²) in [7, 11) is 1.58. The summed E-state index contributed by atoms with van der Waals surface area (Å²) >= 11 is 0. The molecule has 0 bridgehead atoms. The third kappa shape index (κ3) is 6.16. The van der Waals surface area contributed by atoms with Gasteiger partial charge in [-0.15, -0.1) is 0 Å². The molecule has 2 amide bonds. The van der Waals surface area contributed by atoms with Crippen molar-refractivity contribution in [1.82, 2.24) is 5.32 Å². The average molecular weight is 306 g/mol. The summed E-state index contributed by atoms with van der Waals surface area (Å²) in [6.07, 6.45) is 3.53. The molecule has 0 radical (unpaired) electrons. The van der Waals surface area contributed by atoms with Gasteiger partial charge in [0.2, 0.25) is 11.8 Å². The number of carbonyl (C=O) groups excluding carboxylic acids is 2. The molecule has 0 saturated carbocycles. The Bertz CT molecular complexity index is 489. The highest BCUT2D eigenvalue weighted by Gasteiger charge is 2.13. The van der Waals surface area contributed by atoms with E-state index in [0.29, 0.717) is 25.3 Å². The second-order valence-electron chi connectivity index (χ2n) is 5.18. The Morgan fingerprint density at radius 2 is 2.05 bits per heavy atom. The Kier molecular flexibility index (Phi) is 8.04. The van der Waals surface area contributed by atoms with Crippen LogP contribution in [0.15, 0.2) is 24.3 Å². The van der Waals surface area contributed by atoms with Crippen LogP contribution in [0.25, 0.3) is 0 Å². The fraction of sp³-hybridized carbons (Fsp3) is 0.529. The Hall–Kier alpha value is -2.04. The standard InChI is InChI=1S/C17H26N2O3/c1-4-5-6-11-18-17(21)10-12-19(14(2)20)15-8-7-9-16(13-15)22-3/h7-9,13H,4-6,10-12H2,1-3H3,(H,18,21). The molecule has 0 aliphatic rings. The molecule has 1 rings (SSSR count). The lowest BCUT2D eigenvalue weighted by atomic mass is 10.2. The van der Waals surface area contributed by atoms with Crippen molar-refractivity contribution in [2.24, 2.45) is 0 Å². The minimum Gasteiger partial charge on any atom is -0.497 e. The maximum absolute atomic E-state index is 11.8. The van der Waals surface area contributed by atoms with E-state index in [9.17, 15) is 9.59 Å². The van der Waals surface area contributed by atoms with Gasteiger partial charge in [0.15, 0.2) is 0 Å². The Morgan fingerprint density at radius 1 is 1.27 bits per heavy atom. The van der Waals surface area contributed by atoms with Gasteiger partial charge in [0.05, 0.1) is 7.11 Å². The van der Waals surface area contributed by atoms with Crippen molar-refractivity contribution in [1.29, 1.82) is 0 Å². The van der Waals surface area contributed by atoms with Crippen LogP contribution in [-0.2, 0) is 9.59 Å². The van der Waals surface area contributed by atoms with Crippen LogP contribution in [0.5, 0.6) is 5.75 Å². The predicted octanol–water partition coefficient (Wildman–Crippen LogP) is 2.74. The van der Waals surface area contributed by atoms with Crippen molar-refractivity contribution in [3.8, 4) is 5.75 Å². The monoisotopic (exact) mass is 306 g/mol. The lowest BCUT2D eigenvalue weighted by Crippen LogP contribution is -2.34. The Morgan fingerprint density at radius 3 is 2.68 bits per heavy atom. The number of nitrogens with zero attached hydrogens (tertiary/aromatic N) is 1. The molecule has 22 heavy (non-hydrogen) atoms. The lowest BCUT2D eigenvalue weighted by molar-refractivity contribution is -0.121. The second-order valence-corrected chi connectivity index (χ2v) is 5.18. The van der Waals surface area contributed by atoms with Gasteiger partial charge in [0.25, 0.3) is 0 Å². The first-order valence-electron chi connectivity index (χ1n) is 7.77. The number of nitrogens with one attached hydrogen (secondary N) is 1. The minimum absolute atomic E-state index is 0.0229. The zero-order chi connectivity index (χ0) is 16.4. The SMILES string of the molecule is CCCCCNC(=O)CCN(C(C)=O)c1cccc(OC)c1. The van der Waals surface area contributed by atoms with E-state index < -0.39 is 0 Å². The summed E-state index contributed by atoms with van der Waals surface area (Å²) in [6.45, 7) is 4.69. The van der Waals surface area contributed by atoms with Crippen LogP contribution in [0.3, 0.4) is 0 Å². The molecule has 1 aromatic carbocycles. The fourth-order valence-electron chi connectivity index (χ4n) is 2.15. The van der Waals surface area contributed by atoms with E-state index in [2.05, 4.69) is 12.2 Å². The van der Waals surface area contributed by atoms with E-state index in [1.807, 2.05) is 18.2 Å². The maximum atomic E-state index is 11.8. The van der Waals surface area contributed by atoms with Crippen molar-refractivity contribution in [2.45, 2.75) is 39.5 Å². The van der Waals surface area contributed by atoms with Gasteiger partial charge in [-0.1, -0.05) is 25.8 Å². The van der Waals surface area contributed by atoms with Crippen LogP contribution in [-0.4, -0.2) is 32.0 Å². The van der Waals surface area contributed by atoms with Gasteiger partial charge in [0.1, 0.15) is 5.75 Å². The summed E-state index contributed by atoms with van der Waals surface area (Å²) in [6, 6.07) is 7.28. The molecule has 0 atom stereocenters. The number of hydrogen-bond acceptors (Lipinski definition) is 3. The second kappa shape index (κ2) is 9.82. The molecule has 0 fully saturated rings. The van der Waals surface area contributed by atoms with Gasteiger partial charge in [-0.2, -0.15) is 0 Å². The van der Waals surface area contributed by atoms with Gasteiger partial charge in [-0.05, 0) is 18.6 Å². The van der Waals surface area contributed by atoms with Crippen molar-refractivity contribution in [3.05, 3.63) is 24.3 Å². The van der Waals surface area contributed by atoms with E-state index in [1.165, 1.54) is 6.92 Å². The number of hydrogen-bond donors (Lipinski definition) is 1. The number of anilines is 1. The summed E-state index contributed by atoms with van der Waals surface area (Å²) in [5.41, 5.74) is 0.741. The molecule has 0 saturated heterocycles. The zero-order valence-corrected chi connectivity index (χ0v) is 13.7. The van der Waals surface area contributed by atoms with Crippen LogP contribution in [0.1, 0.15) is 39.5 Å². The first-order valence-corrected chi connectivity index (χ1v) is 7.77. The van der Waals surface area contributed by atoms with Gasteiger partial charge >= 0.3 is 0 Å². The summed E-state index contributed by atoms with van der Waals surface area (Å²) in [5, 5.41) is 2.88. The molecule has 1 aromatic rings. The first kappa shape index (κ1) is 18.0. The summed E-state index contributed by atoms with van der Waals surface area (Å²) < 4.78 is 5.17. The number of ether oxygens (including phenoxy) is 1. The van der Waals surface area contributed by atoms with E-state index in [-0.39, 0.29) is 11.8 Å². The van der Waals surface area contributed by atoms with Crippen LogP contribution >= 0.6 is 0 Å². The third-order valence-electron chi connectivity index (χ3n) is 3.41. The van der Waals surface area contributed by atoms with Gasteiger partial charge < -0.3 is 15.0 Å². The number of unbranched alkanes of at least 4 members (excludes halogenated alkanes) is 2.